The van der Waals surface area contributed by atoms with Crippen LogP contribution in [0.2, 0.25) is 0 Å². The summed E-state index contributed by atoms with van der Waals surface area (Å²) >= 11 is 0. The molecule has 2 atom stereocenters. The maximum atomic E-state index is 14.3. The number of benzene rings is 1. The van der Waals surface area contributed by atoms with E-state index in [0.717, 1.165) is 11.3 Å². The highest BCUT2D eigenvalue weighted by Crippen LogP contribution is 2.44. The fourth-order valence-corrected chi connectivity index (χ4v) is 3.19. The second kappa shape index (κ2) is 5.26. The molecule has 2 aliphatic rings. The van der Waals surface area contributed by atoms with Gasteiger partial charge in [0.15, 0.2) is 6.17 Å². The Balaban J connectivity index is 1.68. The molecule has 1 spiro atoms. The quantitative estimate of drug-likeness (QED) is 0.789. The first-order valence-corrected chi connectivity index (χ1v) is 7.29. The zero-order valence-electron chi connectivity index (χ0n) is 12.7. The molecule has 2 heterocycles. The van der Waals surface area contributed by atoms with Gasteiger partial charge in [-0.25, -0.2) is 4.39 Å². The van der Waals surface area contributed by atoms with Gasteiger partial charge in [-0.15, -0.1) is 0 Å². The first-order valence-electron chi connectivity index (χ1n) is 7.29. The number of β-lactam (4-membered cyclic amide) rings is 1. The molecule has 1 aromatic rings. The van der Waals surface area contributed by atoms with Crippen LogP contribution >= 0.6 is 0 Å². The first-order chi connectivity index (χ1) is 10.5. The van der Waals surface area contributed by atoms with Crippen molar-refractivity contribution < 1.29 is 18.7 Å². The lowest BCUT2D eigenvalue weighted by Crippen LogP contribution is -2.70. The Hall–Kier alpha value is -2.11. The van der Waals surface area contributed by atoms with Crippen molar-refractivity contribution in [3.63, 3.8) is 0 Å². The van der Waals surface area contributed by atoms with Crippen LogP contribution in [0.25, 0.3) is 0 Å². The lowest BCUT2D eigenvalue weighted by Gasteiger charge is -2.52. The number of piperidine rings is 1. The van der Waals surface area contributed by atoms with Crippen molar-refractivity contribution in [2.45, 2.75) is 19.1 Å². The summed E-state index contributed by atoms with van der Waals surface area (Å²) in [6.07, 6.45) is -1.32. The van der Waals surface area contributed by atoms with Gasteiger partial charge < -0.3 is 14.5 Å². The highest BCUT2D eigenvalue weighted by atomic mass is 19.1. The second-order valence-corrected chi connectivity index (χ2v) is 6.04. The minimum atomic E-state index is -1.72. The Bertz CT molecular complexity index is 604. The van der Waals surface area contributed by atoms with E-state index in [1.807, 2.05) is 24.3 Å². The summed E-state index contributed by atoms with van der Waals surface area (Å²) in [5, 5.41) is 0. The molecule has 5 nitrogen and oxygen atoms in total. The van der Waals surface area contributed by atoms with Gasteiger partial charge in [0.1, 0.15) is 11.2 Å². The summed E-state index contributed by atoms with van der Waals surface area (Å²) in [4.78, 5) is 27.2. The van der Waals surface area contributed by atoms with Gasteiger partial charge in [0.25, 0.3) is 5.91 Å². The number of halogens is 1. The lowest BCUT2D eigenvalue weighted by molar-refractivity contribution is -0.181. The Kier molecular flexibility index (Phi) is 3.54. The van der Waals surface area contributed by atoms with E-state index in [1.54, 1.807) is 19.1 Å². The van der Waals surface area contributed by atoms with Gasteiger partial charge in [-0.05, 0) is 24.1 Å². The number of rotatable bonds is 3. The third-order valence-electron chi connectivity index (χ3n) is 4.69. The Morgan fingerprint density at radius 1 is 1.32 bits per heavy atom. The number of methoxy groups -OCH3 is 1. The van der Waals surface area contributed by atoms with Gasteiger partial charge in [-0.2, -0.15) is 0 Å². The molecule has 1 aromatic carbocycles. The normalized spacial score (nSPS) is 28.0. The maximum Gasteiger partial charge on any atom is 0.258 e. The SMILES string of the molecule is COc1ccc(CN2CC3(CCN(C)C(=O)C3F)C2=O)cc1. The fraction of sp³-hybridized carbons (Fsp3) is 0.500. The van der Waals surface area contributed by atoms with Crippen molar-refractivity contribution in [2.75, 3.05) is 27.2 Å². The molecule has 2 aliphatic heterocycles. The van der Waals surface area contributed by atoms with E-state index < -0.39 is 17.5 Å². The average Bonchev–Trinajstić information content (AvgIpc) is 2.54. The predicted octanol–water partition coefficient (Wildman–Crippen LogP) is 1.22. The van der Waals surface area contributed by atoms with Gasteiger partial charge in [0.05, 0.1) is 7.11 Å². The van der Waals surface area contributed by atoms with Gasteiger partial charge in [-0.1, -0.05) is 12.1 Å². The van der Waals surface area contributed by atoms with E-state index in [2.05, 4.69) is 0 Å². The molecule has 118 valence electrons. The van der Waals surface area contributed by atoms with Crippen LogP contribution in [0, 0.1) is 5.41 Å². The molecule has 0 bridgehead atoms. The van der Waals surface area contributed by atoms with E-state index >= 15 is 0 Å². The Labute approximate surface area is 128 Å². The molecule has 0 aromatic heterocycles. The molecule has 0 radical (unpaired) electrons. The van der Waals surface area contributed by atoms with Crippen molar-refractivity contribution >= 4 is 11.8 Å². The number of carbonyl (C=O) groups excluding carboxylic acids is 2. The fourth-order valence-electron chi connectivity index (χ4n) is 3.19. The number of carbonyl (C=O) groups is 2. The number of hydrogen-bond acceptors (Lipinski definition) is 3. The Morgan fingerprint density at radius 2 is 2.00 bits per heavy atom. The van der Waals surface area contributed by atoms with Crippen molar-refractivity contribution in [1.82, 2.24) is 9.80 Å². The van der Waals surface area contributed by atoms with Crippen LogP contribution in [0.3, 0.4) is 0 Å². The number of ether oxygens (including phenoxy) is 1. The van der Waals surface area contributed by atoms with Crippen LogP contribution in [0.5, 0.6) is 5.75 Å². The van der Waals surface area contributed by atoms with E-state index in [9.17, 15) is 14.0 Å². The third-order valence-corrected chi connectivity index (χ3v) is 4.69. The topological polar surface area (TPSA) is 49.9 Å². The molecule has 2 fully saturated rings. The van der Waals surface area contributed by atoms with Gasteiger partial charge >= 0.3 is 0 Å². The van der Waals surface area contributed by atoms with Crippen LogP contribution in [-0.2, 0) is 16.1 Å². The number of alkyl halides is 1. The summed E-state index contributed by atoms with van der Waals surface area (Å²) in [6.45, 7) is 1.17. The summed E-state index contributed by atoms with van der Waals surface area (Å²) in [6, 6.07) is 7.41. The molecule has 3 rings (SSSR count). The van der Waals surface area contributed by atoms with E-state index in [-0.39, 0.29) is 5.91 Å². The van der Waals surface area contributed by atoms with E-state index in [1.165, 1.54) is 4.90 Å². The number of nitrogens with zero attached hydrogens (tertiary/aromatic N) is 2. The molecular formula is C16H19FN2O3. The Morgan fingerprint density at radius 3 is 2.59 bits per heavy atom. The molecule has 22 heavy (non-hydrogen) atoms. The molecule has 0 aliphatic carbocycles. The van der Waals surface area contributed by atoms with E-state index in [4.69, 9.17) is 4.74 Å². The minimum absolute atomic E-state index is 0.253. The predicted molar refractivity (Wildman–Crippen MR) is 78.0 cm³/mol. The van der Waals surface area contributed by atoms with Crippen molar-refractivity contribution in [3.05, 3.63) is 29.8 Å². The van der Waals surface area contributed by atoms with Gasteiger partial charge in [-0.3, -0.25) is 9.59 Å². The standard InChI is InChI=1S/C16H19FN2O3/c1-18-8-7-16(13(17)14(18)20)10-19(15(16)21)9-11-3-5-12(22-2)6-4-11/h3-6,13H,7-10H2,1-2H3. The molecule has 2 saturated heterocycles. The van der Waals surface area contributed by atoms with Crippen molar-refractivity contribution in [1.29, 1.82) is 0 Å². The highest BCUT2D eigenvalue weighted by Gasteiger charge is 2.61. The number of amides is 2. The summed E-state index contributed by atoms with van der Waals surface area (Å²) in [5.74, 6) is -0.0825. The van der Waals surface area contributed by atoms with Crippen LogP contribution in [0.15, 0.2) is 24.3 Å². The van der Waals surface area contributed by atoms with Gasteiger partial charge in [0, 0.05) is 26.7 Å². The zero-order chi connectivity index (χ0) is 15.9. The monoisotopic (exact) mass is 306 g/mol. The van der Waals surface area contributed by atoms with Crippen LogP contribution in [-0.4, -0.2) is 55.0 Å². The third kappa shape index (κ3) is 2.14. The molecular weight excluding hydrogens is 287 g/mol. The van der Waals surface area contributed by atoms with E-state index in [0.29, 0.717) is 26.1 Å². The highest BCUT2D eigenvalue weighted by molar-refractivity contribution is 5.97. The van der Waals surface area contributed by atoms with Crippen molar-refractivity contribution in [2.24, 2.45) is 5.41 Å². The molecule has 0 N–H and O–H groups in total. The van der Waals surface area contributed by atoms with Crippen LogP contribution in [0.4, 0.5) is 4.39 Å². The average molecular weight is 306 g/mol. The second-order valence-electron chi connectivity index (χ2n) is 6.04. The van der Waals surface area contributed by atoms with Crippen LogP contribution < -0.4 is 4.74 Å². The number of hydrogen-bond donors (Lipinski definition) is 0. The maximum absolute atomic E-state index is 14.3. The first kappa shape index (κ1) is 14.8. The molecule has 0 saturated carbocycles. The summed E-state index contributed by atoms with van der Waals surface area (Å²) < 4.78 is 19.4. The van der Waals surface area contributed by atoms with Gasteiger partial charge in [0.2, 0.25) is 5.91 Å². The minimum Gasteiger partial charge on any atom is -0.497 e. The number of likely N-dealkylation sites (tertiary alicyclic amines) is 2. The summed E-state index contributed by atoms with van der Waals surface area (Å²) in [5.41, 5.74) is -0.172. The molecule has 6 heteroatoms. The molecule has 2 amide bonds. The lowest BCUT2D eigenvalue weighted by atomic mass is 9.69. The smallest absolute Gasteiger partial charge is 0.258 e. The zero-order valence-corrected chi connectivity index (χ0v) is 12.7. The summed E-state index contributed by atoms with van der Waals surface area (Å²) in [7, 11) is 3.16. The van der Waals surface area contributed by atoms with Crippen molar-refractivity contribution in [3.8, 4) is 5.75 Å². The molecule has 2 unspecified atom stereocenters. The largest absolute Gasteiger partial charge is 0.497 e. The van der Waals surface area contributed by atoms with Crippen LogP contribution in [0.1, 0.15) is 12.0 Å².